The molecule has 4 nitrogen and oxygen atoms in total. The van der Waals surface area contributed by atoms with Gasteiger partial charge in [0, 0.05) is 32.8 Å². The zero-order chi connectivity index (χ0) is 32.2. The lowest BCUT2D eigenvalue weighted by Crippen LogP contribution is -1.99. The standard InChI is InChI=1S/C44H26N4/c45-27-29-16-25-42-38(26-29)37-11-3-4-12-39(37)47(42)34-23-21-31(22-24-34)30-17-19-32(20-18-30)44-33(28-46)8-7-15-43(44)48-40-13-5-1-9-35(40)36-10-2-6-14-41(36)48/h1-26H. The largest absolute Gasteiger partial charge is 0.309 e. The lowest BCUT2D eigenvalue weighted by Gasteiger charge is -2.16. The van der Waals surface area contributed by atoms with Crippen LogP contribution in [0.15, 0.2) is 158 Å². The van der Waals surface area contributed by atoms with E-state index in [1.807, 2.05) is 36.4 Å². The third-order valence-corrected chi connectivity index (χ3v) is 9.42. The monoisotopic (exact) mass is 610 g/mol. The Balaban J connectivity index is 1.13. The van der Waals surface area contributed by atoms with E-state index < -0.39 is 0 Å². The summed E-state index contributed by atoms with van der Waals surface area (Å²) in [5.41, 5.74) is 11.8. The minimum Gasteiger partial charge on any atom is -0.309 e. The van der Waals surface area contributed by atoms with Crippen molar-refractivity contribution in [2.45, 2.75) is 0 Å². The summed E-state index contributed by atoms with van der Waals surface area (Å²) in [4.78, 5) is 0. The van der Waals surface area contributed by atoms with E-state index in [0.717, 1.165) is 66.5 Å². The van der Waals surface area contributed by atoms with Gasteiger partial charge in [-0.05, 0) is 77.4 Å². The number of aromatic nitrogens is 2. The Kier molecular flexibility index (Phi) is 6.22. The Bertz CT molecular complexity index is 2730. The molecule has 222 valence electrons. The van der Waals surface area contributed by atoms with E-state index in [1.165, 1.54) is 10.8 Å². The summed E-state index contributed by atoms with van der Waals surface area (Å²) in [6, 6.07) is 59.0. The molecular weight excluding hydrogens is 585 g/mol. The summed E-state index contributed by atoms with van der Waals surface area (Å²) in [5, 5.41) is 24.3. The van der Waals surface area contributed by atoms with Crippen LogP contribution < -0.4 is 0 Å². The van der Waals surface area contributed by atoms with Crippen LogP contribution in [0.5, 0.6) is 0 Å². The van der Waals surface area contributed by atoms with Crippen molar-refractivity contribution in [3.63, 3.8) is 0 Å². The van der Waals surface area contributed by atoms with Crippen molar-refractivity contribution in [1.82, 2.24) is 9.13 Å². The first-order valence-electron chi connectivity index (χ1n) is 15.9. The molecule has 7 aromatic carbocycles. The van der Waals surface area contributed by atoms with Crippen LogP contribution >= 0.6 is 0 Å². The van der Waals surface area contributed by atoms with E-state index in [1.54, 1.807) is 0 Å². The topological polar surface area (TPSA) is 57.4 Å². The molecular formula is C44H26N4. The van der Waals surface area contributed by atoms with Gasteiger partial charge < -0.3 is 9.13 Å². The zero-order valence-corrected chi connectivity index (χ0v) is 25.8. The molecule has 9 rings (SSSR count). The van der Waals surface area contributed by atoms with E-state index in [0.29, 0.717) is 11.1 Å². The highest BCUT2D eigenvalue weighted by Gasteiger charge is 2.18. The Morgan fingerprint density at radius 2 is 0.917 bits per heavy atom. The number of hydrogen-bond donors (Lipinski definition) is 0. The Hall–Kier alpha value is -6.88. The molecule has 0 aliphatic rings. The van der Waals surface area contributed by atoms with E-state index in [4.69, 9.17) is 0 Å². The molecule has 2 heterocycles. The number of rotatable bonds is 4. The molecule has 0 saturated carbocycles. The fourth-order valence-electron chi connectivity index (χ4n) is 7.26. The fraction of sp³-hybridized carbons (Fsp3) is 0. The Morgan fingerprint density at radius 3 is 1.52 bits per heavy atom. The highest BCUT2D eigenvalue weighted by Crippen LogP contribution is 2.38. The molecule has 0 aliphatic carbocycles. The average Bonchev–Trinajstić information content (AvgIpc) is 3.67. The van der Waals surface area contributed by atoms with Crippen molar-refractivity contribution in [2.24, 2.45) is 0 Å². The molecule has 0 bridgehead atoms. The summed E-state index contributed by atoms with van der Waals surface area (Å²) in [6.07, 6.45) is 0. The Labute approximate surface area is 277 Å². The first-order chi connectivity index (χ1) is 23.7. The van der Waals surface area contributed by atoms with Crippen LogP contribution in [0, 0.1) is 22.7 Å². The van der Waals surface area contributed by atoms with Gasteiger partial charge in [0.2, 0.25) is 0 Å². The molecule has 0 spiro atoms. The molecule has 0 unspecified atom stereocenters. The number of benzene rings is 7. The van der Waals surface area contributed by atoms with Gasteiger partial charge in [-0.15, -0.1) is 0 Å². The van der Waals surface area contributed by atoms with Crippen molar-refractivity contribution in [2.75, 3.05) is 0 Å². The number of nitriles is 2. The second-order valence-electron chi connectivity index (χ2n) is 12.0. The van der Waals surface area contributed by atoms with Gasteiger partial charge in [-0.1, -0.05) is 97.1 Å². The van der Waals surface area contributed by atoms with Gasteiger partial charge in [0.1, 0.15) is 0 Å². The zero-order valence-electron chi connectivity index (χ0n) is 25.8. The molecule has 0 amide bonds. The van der Waals surface area contributed by atoms with Gasteiger partial charge in [-0.25, -0.2) is 0 Å². The van der Waals surface area contributed by atoms with E-state index in [2.05, 4.69) is 143 Å². The van der Waals surface area contributed by atoms with Crippen molar-refractivity contribution in [1.29, 1.82) is 10.5 Å². The van der Waals surface area contributed by atoms with Crippen molar-refractivity contribution in [3.8, 4) is 45.8 Å². The normalized spacial score (nSPS) is 11.3. The van der Waals surface area contributed by atoms with Crippen molar-refractivity contribution in [3.05, 3.63) is 169 Å². The maximum atomic E-state index is 10.2. The minimum absolute atomic E-state index is 0.638. The first-order valence-corrected chi connectivity index (χ1v) is 15.9. The molecule has 2 aromatic heterocycles. The Morgan fingerprint density at radius 1 is 0.396 bits per heavy atom. The van der Waals surface area contributed by atoms with Crippen LogP contribution in [0.3, 0.4) is 0 Å². The third kappa shape index (κ3) is 4.14. The summed E-state index contributed by atoms with van der Waals surface area (Å²) < 4.78 is 4.54. The first kappa shape index (κ1) is 27.4. The highest BCUT2D eigenvalue weighted by atomic mass is 15.0. The van der Waals surface area contributed by atoms with Gasteiger partial charge in [-0.3, -0.25) is 0 Å². The molecule has 4 heteroatoms. The van der Waals surface area contributed by atoms with Gasteiger partial charge in [-0.2, -0.15) is 10.5 Å². The van der Waals surface area contributed by atoms with Crippen molar-refractivity contribution < 1.29 is 0 Å². The lowest BCUT2D eigenvalue weighted by atomic mass is 9.95. The van der Waals surface area contributed by atoms with Crippen LogP contribution in [0.4, 0.5) is 0 Å². The molecule has 0 aliphatic heterocycles. The molecule has 48 heavy (non-hydrogen) atoms. The van der Waals surface area contributed by atoms with Crippen LogP contribution in [0.2, 0.25) is 0 Å². The lowest BCUT2D eigenvalue weighted by molar-refractivity contribution is 1.18. The second kappa shape index (κ2) is 10.9. The van der Waals surface area contributed by atoms with Gasteiger partial charge in [0.25, 0.3) is 0 Å². The quantitative estimate of drug-likeness (QED) is 0.199. The molecule has 0 N–H and O–H groups in total. The van der Waals surface area contributed by atoms with Gasteiger partial charge in [0.15, 0.2) is 0 Å². The smallest absolute Gasteiger partial charge is 0.0998 e. The third-order valence-electron chi connectivity index (χ3n) is 9.42. The van der Waals surface area contributed by atoms with Gasteiger partial charge >= 0.3 is 0 Å². The van der Waals surface area contributed by atoms with E-state index in [-0.39, 0.29) is 0 Å². The van der Waals surface area contributed by atoms with Gasteiger partial charge in [0.05, 0.1) is 51.0 Å². The number of para-hydroxylation sites is 3. The number of fused-ring (bicyclic) bond motifs is 6. The SMILES string of the molecule is N#Cc1ccc2c(c1)c1ccccc1n2-c1ccc(-c2ccc(-c3c(C#N)cccc3-n3c4ccccc4c4ccccc43)cc2)cc1. The second-order valence-corrected chi connectivity index (χ2v) is 12.0. The van der Waals surface area contributed by atoms with Crippen LogP contribution in [-0.4, -0.2) is 9.13 Å². The van der Waals surface area contributed by atoms with Crippen LogP contribution in [0.25, 0.3) is 77.2 Å². The summed E-state index contributed by atoms with van der Waals surface area (Å²) in [7, 11) is 0. The predicted octanol–water partition coefficient (Wildman–Crippen LogP) is 11.0. The van der Waals surface area contributed by atoms with Crippen molar-refractivity contribution >= 4 is 43.6 Å². The molecule has 0 radical (unpaired) electrons. The predicted molar refractivity (Wildman–Crippen MR) is 195 cm³/mol. The minimum atomic E-state index is 0.638. The van der Waals surface area contributed by atoms with E-state index in [9.17, 15) is 10.5 Å². The molecule has 9 aromatic rings. The maximum Gasteiger partial charge on any atom is 0.0998 e. The average molecular weight is 611 g/mol. The van der Waals surface area contributed by atoms with Crippen LogP contribution in [-0.2, 0) is 0 Å². The van der Waals surface area contributed by atoms with Crippen LogP contribution in [0.1, 0.15) is 11.1 Å². The molecule has 0 atom stereocenters. The van der Waals surface area contributed by atoms with E-state index >= 15 is 0 Å². The highest BCUT2D eigenvalue weighted by molar-refractivity contribution is 6.10. The summed E-state index contributed by atoms with van der Waals surface area (Å²) >= 11 is 0. The summed E-state index contributed by atoms with van der Waals surface area (Å²) in [6.45, 7) is 0. The number of hydrogen-bond acceptors (Lipinski definition) is 2. The maximum absolute atomic E-state index is 10.2. The summed E-state index contributed by atoms with van der Waals surface area (Å²) in [5.74, 6) is 0. The molecule has 0 saturated heterocycles. The fourth-order valence-corrected chi connectivity index (χ4v) is 7.26. The molecule has 0 fully saturated rings. The number of nitrogens with zero attached hydrogens (tertiary/aromatic N) is 4.